The van der Waals surface area contributed by atoms with Crippen LogP contribution in [0, 0.1) is 12.8 Å². The zero-order chi connectivity index (χ0) is 13.2. The Bertz CT molecular complexity index is 558. The Labute approximate surface area is 108 Å². The summed E-state index contributed by atoms with van der Waals surface area (Å²) in [6.45, 7) is 3.80. The summed E-state index contributed by atoms with van der Waals surface area (Å²) in [5.74, 6) is 0.130. The molecule has 0 saturated heterocycles. The molecule has 1 aliphatic rings. The van der Waals surface area contributed by atoms with Crippen LogP contribution in [0.25, 0.3) is 0 Å². The topological polar surface area (TPSA) is 46.2 Å². The first-order valence-electron chi connectivity index (χ1n) is 5.93. The van der Waals surface area contributed by atoms with Gasteiger partial charge in [-0.1, -0.05) is 42.0 Å². The lowest BCUT2D eigenvalue weighted by Crippen LogP contribution is -2.36. The van der Waals surface area contributed by atoms with Crippen molar-refractivity contribution in [1.82, 2.24) is 4.72 Å². The number of nitrogens with one attached hydrogen (secondary N) is 1. The van der Waals surface area contributed by atoms with Crippen LogP contribution >= 0.6 is 0 Å². The van der Waals surface area contributed by atoms with Gasteiger partial charge in [0, 0.05) is 12.0 Å². The molecule has 0 amide bonds. The van der Waals surface area contributed by atoms with E-state index in [4.69, 9.17) is 0 Å². The summed E-state index contributed by atoms with van der Waals surface area (Å²) in [4.78, 5) is 0.311. The normalized spacial score (nSPS) is 17.2. The SMILES string of the molecule is Cc1ccc(S(=O)(=O)N[C@H](C)C2C=CC=C2)cc1. The molecule has 0 fully saturated rings. The van der Waals surface area contributed by atoms with Crippen LogP contribution in [-0.4, -0.2) is 14.5 Å². The fourth-order valence-electron chi connectivity index (χ4n) is 1.89. The van der Waals surface area contributed by atoms with E-state index in [1.54, 1.807) is 24.3 Å². The van der Waals surface area contributed by atoms with Crippen molar-refractivity contribution in [3.05, 3.63) is 54.1 Å². The van der Waals surface area contributed by atoms with Crippen LogP contribution in [0.2, 0.25) is 0 Å². The number of allylic oxidation sites excluding steroid dienone is 2. The van der Waals surface area contributed by atoms with E-state index >= 15 is 0 Å². The highest BCUT2D eigenvalue weighted by molar-refractivity contribution is 7.89. The van der Waals surface area contributed by atoms with Gasteiger partial charge in [-0.15, -0.1) is 0 Å². The van der Waals surface area contributed by atoms with Crippen molar-refractivity contribution in [2.45, 2.75) is 24.8 Å². The van der Waals surface area contributed by atoms with Gasteiger partial charge < -0.3 is 0 Å². The fraction of sp³-hybridized carbons (Fsp3) is 0.286. The van der Waals surface area contributed by atoms with E-state index in [1.807, 2.05) is 38.2 Å². The second-order valence-electron chi connectivity index (χ2n) is 4.57. The van der Waals surface area contributed by atoms with Crippen molar-refractivity contribution < 1.29 is 8.42 Å². The molecule has 1 aromatic carbocycles. The van der Waals surface area contributed by atoms with E-state index < -0.39 is 10.0 Å². The molecule has 0 heterocycles. The second kappa shape index (κ2) is 5.08. The first-order chi connectivity index (χ1) is 8.49. The Kier molecular flexibility index (Phi) is 3.68. The summed E-state index contributed by atoms with van der Waals surface area (Å²) in [6.07, 6.45) is 7.84. The number of rotatable bonds is 4. The molecule has 1 N–H and O–H groups in total. The second-order valence-corrected chi connectivity index (χ2v) is 6.28. The number of sulfonamides is 1. The smallest absolute Gasteiger partial charge is 0.207 e. The van der Waals surface area contributed by atoms with Gasteiger partial charge in [-0.2, -0.15) is 0 Å². The van der Waals surface area contributed by atoms with Gasteiger partial charge in [0.15, 0.2) is 0 Å². The molecule has 0 saturated carbocycles. The lowest BCUT2D eigenvalue weighted by molar-refractivity contribution is 0.535. The molecule has 0 aromatic heterocycles. The lowest BCUT2D eigenvalue weighted by Gasteiger charge is -2.18. The predicted octanol–water partition coefficient (Wildman–Crippen LogP) is 2.40. The molecule has 18 heavy (non-hydrogen) atoms. The van der Waals surface area contributed by atoms with Crippen molar-refractivity contribution >= 4 is 10.0 Å². The Balaban J connectivity index is 2.14. The van der Waals surface area contributed by atoms with Crippen LogP contribution in [0.5, 0.6) is 0 Å². The maximum Gasteiger partial charge on any atom is 0.240 e. The number of hydrogen-bond acceptors (Lipinski definition) is 2. The summed E-state index contributed by atoms with van der Waals surface area (Å²) in [5, 5.41) is 0. The molecule has 0 bridgehead atoms. The summed E-state index contributed by atoms with van der Waals surface area (Å²) in [6, 6.07) is 6.71. The van der Waals surface area contributed by atoms with Gasteiger partial charge in [0.25, 0.3) is 0 Å². The molecule has 1 aliphatic carbocycles. The van der Waals surface area contributed by atoms with E-state index in [-0.39, 0.29) is 12.0 Å². The Morgan fingerprint density at radius 1 is 1.11 bits per heavy atom. The Hall–Kier alpha value is -1.39. The maximum atomic E-state index is 12.2. The standard InChI is InChI=1S/C14H17NO2S/c1-11-7-9-14(10-8-11)18(16,17)15-12(2)13-5-3-4-6-13/h3-10,12-13,15H,1-2H3/t12-/m1/s1. The van der Waals surface area contributed by atoms with Gasteiger partial charge in [0.1, 0.15) is 0 Å². The van der Waals surface area contributed by atoms with Gasteiger partial charge in [-0.3, -0.25) is 0 Å². The zero-order valence-corrected chi connectivity index (χ0v) is 11.3. The van der Waals surface area contributed by atoms with Gasteiger partial charge in [-0.05, 0) is 26.0 Å². The molecule has 0 unspecified atom stereocenters. The third-order valence-corrected chi connectivity index (χ3v) is 4.60. The minimum atomic E-state index is -3.43. The average molecular weight is 263 g/mol. The molecular formula is C14H17NO2S. The predicted molar refractivity (Wildman–Crippen MR) is 72.7 cm³/mol. The summed E-state index contributed by atoms with van der Waals surface area (Å²) in [7, 11) is -3.43. The van der Waals surface area contributed by atoms with E-state index in [9.17, 15) is 8.42 Å². The first kappa shape index (κ1) is 13.1. The highest BCUT2D eigenvalue weighted by Gasteiger charge is 2.21. The van der Waals surface area contributed by atoms with E-state index in [1.165, 1.54) is 0 Å². The van der Waals surface area contributed by atoms with Crippen LogP contribution in [0.1, 0.15) is 12.5 Å². The van der Waals surface area contributed by atoms with Crippen LogP contribution < -0.4 is 4.72 Å². The largest absolute Gasteiger partial charge is 0.240 e. The van der Waals surface area contributed by atoms with Crippen molar-refractivity contribution in [2.75, 3.05) is 0 Å². The molecule has 1 aromatic rings. The van der Waals surface area contributed by atoms with Crippen LogP contribution in [-0.2, 0) is 10.0 Å². The third kappa shape index (κ3) is 2.89. The van der Waals surface area contributed by atoms with Crippen molar-refractivity contribution in [3.63, 3.8) is 0 Å². The lowest BCUT2D eigenvalue weighted by atomic mass is 10.1. The number of aryl methyl sites for hydroxylation is 1. The number of benzene rings is 1. The molecule has 0 spiro atoms. The molecule has 0 aliphatic heterocycles. The van der Waals surface area contributed by atoms with Crippen molar-refractivity contribution in [3.8, 4) is 0 Å². The molecule has 1 atom stereocenters. The van der Waals surface area contributed by atoms with Crippen molar-refractivity contribution in [1.29, 1.82) is 0 Å². The van der Waals surface area contributed by atoms with E-state index in [0.717, 1.165) is 5.56 Å². The molecule has 2 rings (SSSR count). The molecule has 0 radical (unpaired) electrons. The van der Waals surface area contributed by atoms with Crippen LogP contribution in [0.4, 0.5) is 0 Å². The van der Waals surface area contributed by atoms with E-state index in [0.29, 0.717) is 4.90 Å². The van der Waals surface area contributed by atoms with Gasteiger partial charge >= 0.3 is 0 Å². The van der Waals surface area contributed by atoms with Crippen LogP contribution in [0.15, 0.2) is 53.5 Å². The van der Waals surface area contributed by atoms with Crippen molar-refractivity contribution in [2.24, 2.45) is 5.92 Å². The average Bonchev–Trinajstić information content (AvgIpc) is 2.82. The molecule has 4 heteroatoms. The minimum Gasteiger partial charge on any atom is -0.207 e. The van der Waals surface area contributed by atoms with Crippen LogP contribution in [0.3, 0.4) is 0 Å². The van der Waals surface area contributed by atoms with Gasteiger partial charge in [0.05, 0.1) is 4.90 Å². The summed E-state index contributed by atoms with van der Waals surface area (Å²) in [5.41, 5.74) is 1.05. The first-order valence-corrected chi connectivity index (χ1v) is 7.41. The monoisotopic (exact) mass is 263 g/mol. The molecule has 3 nitrogen and oxygen atoms in total. The van der Waals surface area contributed by atoms with E-state index in [2.05, 4.69) is 4.72 Å². The number of hydrogen-bond donors (Lipinski definition) is 1. The maximum absolute atomic E-state index is 12.2. The quantitative estimate of drug-likeness (QED) is 0.906. The Morgan fingerprint density at radius 3 is 2.22 bits per heavy atom. The summed E-state index contributed by atoms with van der Waals surface area (Å²) >= 11 is 0. The molecule has 96 valence electrons. The minimum absolute atomic E-state index is 0.130. The zero-order valence-electron chi connectivity index (χ0n) is 10.5. The van der Waals surface area contributed by atoms with Gasteiger partial charge in [-0.25, -0.2) is 13.1 Å². The summed E-state index contributed by atoms with van der Waals surface area (Å²) < 4.78 is 27.0. The highest BCUT2D eigenvalue weighted by Crippen LogP contribution is 2.17. The third-order valence-electron chi connectivity index (χ3n) is 3.03. The van der Waals surface area contributed by atoms with Gasteiger partial charge in [0.2, 0.25) is 10.0 Å². The molecular weight excluding hydrogens is 246 g/mol. The fourth-order valence-corrected chi connectivity index (χ4v) is 3.17. The Morgan fingerprint density at radius 2 is 1.67 bits per heavy atom. The highest BCUT2D eigenvalue weighted by atomic mass is 32.2.